The summed E-state index contributed by atoms with van der Waals surface area (Å²) >= 11 is 1.21. The van der Waals surface area contributed by atoms with E-state index in [1.165, 1.54) is 11.5 Å². The smallest absolute Gasteiger partial charge is 0.277 e. The van der Waals surface area contributed by atoms with Gasteiger partial charge in [-0.15, -0.1) is 5.10 Å². The van der Waals surface area contributed by atoms with Crippen molar-refractivity contribution in [1.82, 2.24) is 19.4 Å². The molecule has 2 aromatic rings. The molecule has 0 spiro atoms. The molecule has 0 radical (unpaired) electrons. The summed E-state index contributed by atoms with van der Waals surface area (Å²) < 4.78 is 5.48. The molecule has 0 saturated heterocycles. The van der Waals surface area contributed by atoms with Gasteiger partial charge in [0, 0.05) is 7.05 Å². The lowest BCUT2D eigenvalue weighted by Gasteiger charge is -2.03. The van der Waals surface area contributed by atoms with Gasteiger partial charge >= 0.3 is 0 Å². The van der Waals surface area contributed by atoms with E-state index in [1.54, 1.807) is 4.68 Å². The number of carbonyl (C=O) groups excluding carboxylic acids is 1. The van der Waals surface area contributed by atoms with Crippen molar-refractivity contribution < 1.29 is 4.79 Å². The van der Waals surface area contributed by atoms with E-state index >= 15 is 0 Å². The van der Waals surface area contributed by atoms with Crippen LogP contribution in [0.1, 0.15) is 26.8 Å². The van der Waals surface area contributed by atoms with Gasteiger partial charge in [-0.25, -0.2) is 0 Å². The van der Waals surface area contributed by atoms with Crippen molar-refractivity contribution in [2.24, 2.45) is 7.05 Å². The summed E-state index contributed by atoms with van der Waals surface area (Å²) in [7, 11) is 1.84. The van der Waals surface area contributed by atoms with Crippen LogP contribution in [0.5, 0.6) is 0 Å². The van der Waals surface area contributed by atoms with Crippen LogP contribution < -0.4 is 5.32 Å². The minimum atomic E-state index is -0.240. The van der Waals surface area contributed by atoms with Crippen molar-refractivity contribution in [1.29, 1.82) is 0 Å². The van der Waals surface area contributed by atoms with E-state index in [9.17, 15) is 4.79 Å². The van der Waals surface area contributed by atoms with Crippen LogP contribution in [0.3, 0.4) is 0 Å². The number of hydrogen-bond acceptors (Lipinski definition) is 5. The summed E-state index contributed by atoms with van der Waals surface area (Å²) in [6, 6.07) is 0. The molecule has 90 valence electrons. The zero-order valence-electron chi connectivity index (χ0n) is 10.1. The predicted molar refractivity (Wildman–Crippen MR) is 65.3 cm³/mol. The normalized spacial score (nSPS) is 10.6. The molecule has 0 aliphatic heterocycles. The van der Waals surface area contributed by atoms with Crippen LogP contribution in [0, 0.1) is 20.8 Å². The SMILES string of the molecule is Cc1nn(C)c(C)c1NC(=O)c1nnsc1C. The van der Waals surface area contributed by atoms with Gasteiger partial charge in [0.1, 0.15) is 0 Å². The van der Waals surface area contributed by atoms with Gasteiger partial charge in [-0.3, -0.25) is 9.48 Å². The molecule has 1 N–H and O–H groups in total. The summed E-state index contributed by atoms with van der Waals surface area (Å²) in [6.45, 7) is 5.58. The summed E-state index contributed by atoms with van der Waals surface area (Å²) in [4.78, 5) is 12.8. The van der Waals surface area contributed by atoms with Crippen LogP contribution in [0.4, 0.5) is 5.69 Å². The maximum atomic E-state index is 12.0. The van der Waals surface area contributed by atoms with E-state index in [1.807, 2.05) is 27.8 Å². The number of nitrogens with zero attached hydrogens (tertiary/aromatic N) is 4. The Kier molecular flexibility index (Phi) is 2.93. The van der Waals surface area contributed by atoms with Crippen molar-refractivity contribution in [3.8, 4) is 0 Å². The highest BCUT2D eigenvalue weighted by atomic mass is 32.1. The van der Waals surface area contributed by atoms with Gasteiger partial charge in [-0.05, 0) is 32.3 Å². The van der Waals surface area contributed by atoms with E-state index in [4.69, 9.17) is 0 Å². The van der Waals surface area contributed by atoms with E-state index in [0.29, 0.717) is 5.69 Å². The third-order valence-electron chi connectivity index (χ3n) is 2.61. The van der Waals surface area contributed by atoms with Gasteiger partial charge in [0.15, 0.2) is 5.69 Å². The Morgan fingerprint density at radius 2 is 2.06 bits per heavy atom. The maximum Gasteiger partial charge on any atom is 0.277 e. The molecular weight excluding hydrogens is 238 g/mol. The molecule has 0 saturated carbocycles. The van der Waals surface area contributed by atoms with Crippen LogP contribution in [0.2, 0.25) is 0 Å². The molecule has 2 aromatic heterocycles. The molecule has 6 nitrogen and oxygen atoms in total. The number of rotatable bonds is 2. The molecule has 0 atom stereocenters. The zero-order chi connectivity index (χ0) is 12.6. The fraction of sp³-hybridized carbons (Fsp3) is 0.400. The molecule has 0 aromatic carbocycles. The van der Waals surface area contributed by atoms with Gasteiger partial charge in [-0.1, -0.05) is 4.49 Å². The Balaban J connectivity index is 2.28. The average molecular weight is 251 g/mol. The minimum absolute atomic E-state index is 0.240. The molecule has 0 bridgehead atoms. The summed E-state index contributed by atoms with van der Waals surface area (Å²) in [5.74, 6) is -0.240. The van der Waals surface area contributed by atoms with Crippen LogP contribution in [-0.4, -0.2) is 25.3 Å². The number of anilines is 1. The standard InChI is InChI=1S/C10H13N5OS/c1-5-8(6(2)15(4)13-5)11-10(16)9-7(3)17-14-12-9/h1-4H3,(H,11,16). The van der Waals surface area contributed by atoms with Crippen molar-refractivity contribution in [3.63, 3.8) is 0 Å². The lowest BCUT2D eigenvalue weighted by Crippen LogP contribution is -2.14. The highest BCUT2D eigenvalue weighted by molar-refractivity contribution is 7.05. The van der Waals surface area contributed by atoms with Crippen molar-refractivity contribution in [2.45, 2.75) is 20.8 Å². The largest absolute Gasteiger partial charge is 0.317 e. The molecule has 0 aliphatic carbocycles. The first-order valence-corrected chi connectivity index (χ1v) is 5.88. The maximum absolute atomic E-state index is 12.0. The minimum Gasteiger partial charge on any atom is -0.317 e. The number of nitrogens with one attached hydrogen (secondary N) is 1. The van der Waals surface area contributed by atoms with Crippen LogP contribution in [0.25, 0.3) is 0 Å². The third-order valence-corrected chi connectivity index (χ3v) is 3.25. The molecule has 1 amide bonds. The van der Waals surface area contributed by atoms with Crippen LogP contribution in [0.15, 0.2) is 0 Å². The second kappa shape index (κ2) is 4.25. The van der Waals surface area contributed by atoms with Crippen LogP contribution >= 0.6 is 11.5 Å². The van der Waals surface area contributed by atoms with Crippen LogP contribution in [-0.2, 0) is 7.05 Å². The van der Waals surface area contributed by atoms with Crippen molar-refractivity contribution in [3.05, 3.63) is 22.0 Å². The van der Waals surface area contributed by atoms with E-state index < -0.39 is 0 Å². The van der Waals surface area contributed by atoms with Gasteiger partial charge < -0.3 is 5.32 Å². The number of amides is 1. The topological polar surface area (TPSA) is 72.7 Å². The Morgan fingerprint density at radius 3 is 2.53 bits per heavy atom. The van der Waals surface area contributed by atoms with E-state index in [-0.39, 0.29) is 5.91 Å². The molecule has 0 fully saturated rings. The molecule has 0 unspecified atom stereocenters. The molecule has 7 heteroatoms. The molecule has 2 rings (SSSR count). The van der Waals surface area contributed by atoms with E-state index in [0.717, 1.165) is 22.0 Å². The Bertz CT molecular complexity index is 571. The highest BCUT2D eigenvalue weighted by Crippen LogP contribution is 2.19. The second-order valence-corrected chi connectivity index (χ2v) is 4.76. The number of aromatic nitrogens is 4. The van der Waals surface area contributed by atoms with Crippen molar-refractivity contribution in [2.75, 3.05) is 5.32 Å². The predicted octanol–water partition coefficient (Wildman–Crippen LogP) is 1.45. The highest BCUT2D eigenvalue weighted by Gasteiger charge is 2.17. The fourth-order valence-electron chi connectivity index (χ4n) is 1.57. The Labute approximate surface area is 103 Å². The zero-order valence-corrected chi connectivity index (χ0v) is 10.9. The lowest BCUT2D eigenvalue weighted by atomic mass is 10.3. The molecule has 2 heterocycles. The molecular formula is C10H13N5OS. The molecule has 17 heavy (non-hydrogen) atoms. The molecule has 0 aliphatic rings. The Morgan fingerprint density at radius 1 is 1.35 bits per heavy atom. The van der Waals surface area contributed by atoms with Gasteiger partial charge in [-0.2, -0.15) is 5.10 Å². The van der Waals surface area contributed by atoms with Crippen molar-refractivity contribution >= 4 is 23.1 Å². The number of aryl methyl sites for hydroxylation is 3. The summed E-state index contributed by atoms with van der Waals surface area (Å²) in [5.41, 5.74) is 2.82. The van der Waals surface area contributed by atoms with Gasteiger partial charge in [0.25, 0.3) is 5.91 Å². The third kappa shape index (κ3) is 2.05. The summed E-state index contributed by atoms with van der Waals surface area (Å²) in [5, 5.41) is 10.9. The first-order chi connectivity index (χ1) is 8.00. The first-order valence-electron chi connectivity index (χ1n) is 5.11. The van der Waals surface area contributed by atoms with E-state index in [2.05, 4.69) is 20.0 Å². The lowest BCUT2D eigenvalue weighted by molar-refractivity contribution is 0.102. The second-order valence-electron chi connectivity index (χ2n) is 3.80. The monoisotopic (exact) mass is 251 g/mol. The first kappa shape index (κ1) is 11.7. The number of carbonyl (C=O) groups is 1. The number of hydrogen-bond donors (Lipinski definition) is 1. The van der Waals surface area contributed by atoms with Gasteiger partial charge in [0.05, 0.1) is 22.0 Å². The quantitative estimate of drug-likeness (QED) is 0.876. The summed E-state index contributed by atoms with van der Waals surface area (Å²) in [6.07, 6.45) is 0. The average Bonchev–Trinajstić information content (AvgIpc) is 2.78. The van der Waals surface area contributed by atoms with Gasteiger partial charge in [0.2, 0.25) is 0 Å². The fourth-order valence-corrected chi connectivity index (χ4v) is 2.03. The Hall–Kier alpha value is -1.76.